The van der Waals surface area contributed by atoms with Gasteiger partial charge in [0.25, 0.3) is 0 Å². The molecule has 1 heterocycles. The molecule has 1 saturated carbocycles. The zero-order chi connectivity index (χ0) is 16.1. The van der Waals surface area contributed by atoms with Gasteiger partial charge >= 0.3 is 0 Å². The molecule has 2 aliphatic rings. The smallest absolute Gasteiger partial charge is 0.0594 e. The summed E-state index contributed by atoms with van der Waals surface area (Å²) in [6.45, 7) is 10.5. The van der Waals surface area contributed by atoms with Gasteiger partial charge in [0.2, 0.25) is 0 Å². The first kappa shape index (κ1) is 16.9. The molecule has 0 bridgehead atoms. The molecule has 1 N–H and O–H groups in total. The van der Waals surface area contributed by atoms with Crippen molar-refractivity contribution in [2.24, 2.45) is 0 Å². The minimum atomic E-state index is 0.362. The normalized spacial score (nSPS) is 22.2. The van der Waals surface area contributed by atoms with Crippen LogP contribution < -0.4 is 5.32 Å². The predicted molar refractivity (Wildman–Crippen MR) is 95.8 cm³/mol. The Morgan fingerprint density at radius 1 is 1.09 bits per heavy atom. The number of morpholine rings is 1. The summed E-state index contributed by atoms with van der Waals surface area (Å²) in [6.07, 6.45) is 6.84. The average molecular weight is 316 g/mol. The van der Waals surface area contributed by atoms with Crippen LogP contribution in [0.15, 0.2) is 18.2 Å². The zero-order valence-corrected chi connectivity index (χ0v) is 14.9. The van der Waals surface area contributed by atoms with E-state index in [9.17, 15) is 0 Å². The summed E-state index contributed by atoms with van der Waals surface area (Å²) >= 11 is 0. The maximum absolute atomic E-state index is 5.57. The molecule has 1 aromatic rings. The number of hydrogen-bond acceptors (Lipinski definition) is 3. The second kappa shape index (κ2) is 7.78. The lowest BCUT2D eigenvalue weighted by atomic mass is 9.79. The largest absolute Gasteiger partial charge is 0.379 e. The Hall–Kier alpha value is -0.900. The molecule has 0 atom stereocenters. The second-order valence-electron chi connectivity index (χ2n) is 7.42. The predicted octanol–water partition coefficient (Wildman–Crippen LogP) is 3.43. The quantitative estimate of drug-likeness (QED) is 0.901. The maximum Gasteiger partial charge on any atom is 0.0594 e. The van der Waals surface area contributed by atoms with E-state index in [0.717, 1.165) is 39.4 Å². The van der Waals surface area contributed by atoms with Gasteiger partial charge in [-0.3, -0.25) is 4.90 Å². The molecule has 1 aliphatic heterocycles. The Bertz CT molecular complexity index is 502. The fraction of sp³-hybridized carbons (Fsp3) is 0.700. The second-order valence-corrected chi connectivity index (χ2v) is 7.42. The van der Waals surface area contributed by atoms with E-state index in [4.69, 9.17) is 4.74 Å². The molecular weight excluding hydrogens is 284 g/mol. The molecule has 23 heavy (non-hydrogen) atoms. The first-order valence-electron chi connectivity index (χ1n) is 9.29. The van der Waals surface area contributed by atoms with E-state index in [-0.39, 0.29) is 0 Å². The van der Waals surface area contributed by atoms with Gasteiger partial charge in [0.15, 0.2) is 0 Å². The van der Waals surface area contributed by atoms with Crippen molar-refractivity contribution in [2.45, 2.75) is 58.0 Å². The van der Waals surface area contributed by atoms with Gasteiger partial charge in [-0.2, -0.15) is 0 Å². The third-order valence-corrected chi connectivity index (χ3v) is 5.73. The Morgan fingerprint density at radius 2 is 1.83 bits per heavy atom. The van der Waals surface area contributed by atoms with Crippen LogP contribution in [0.2, 0.25) is 0 Å². The van der Waals surface area contributed by atoms with E-state index in [1.165, 1.54) is 48.8 Å². The standard InChI is InChI=1S/C20H32N2O/c1-17-6-7-19(18(2)14-17)15-21-16-20(8-4-3-5-9-20)22-10-12-23-13-11-22/h6-7,14,21H,3-5,8-13,15-16H2,1-2H3. The summed E-state index contributed by atoms with van der Waals surface area (Å²) in [5.74, 6) is 0. The summed E-state index contributed by atoms with van der Waals surface area (Å²) in [5.41, 5.74) is 4.55. The highest BCUT2D eigenvalue weighted by atomic mass is 16.5. The van der Waals surface area contributed by atoms with Crippen LogP contribution in [0.5, 0.6) is 0 Å². The number of nitrogens with zero attached hydrogens (tertiary/aromatic N) is 1. The Labute approximate surface area is 141 Å². The summed E-state index contributed by atoms with van der Waals surface area (Å²) in [6, 6.07) is 6.79. The van der Waals surface area contributed by atoms with Crippen LogP contribution in [0, 0.1) is 13.8 Å². The van der Waals surface area contributed by atoms with Crippen LogP contribution in [0.3, 0.4) is 0 Å². The van der Waals surface area contributed by atoms with Gasteiger partial charge in [-0.25, -0.2) is 0 Å². The number of nitrogens with one attached hydrogen (secondary N) is 1. The average Bonchev–Trinajstić information content (AvgIpc) is 2.58. The lowest BCUT2D eigenvalue weighted by Gasteiger charge is -2.48. The summed E-state index contributed by atoms with van der Waals surface area (Å²) < 4.78 is 5.57. The van der Waals surface area contributed by atoms with Crippen molar-refractivity contribution in [3.63, 3.8) is 0 Å². The summed E-state index contributed by atoms with van der Waals surface area (Å²) in [5, 5.41) is 3.79. The monoisotopic (exact) mass is 316 g/mol. The topological polar surface area (TPSA) is 24.5 Å². The van der Waals surface area contributed by atoms with E-state index in [0.29, 0.717) is 5.54 Å². The molecular formula is C20H32N2O. The maximum atomic E-state index is 5.57. The van der Waals surface area contributed by atoms with E-state index in [1.54, 1.807) is 0 Å². The van der Waals surface area contributed by atoms with Gasteiger partial charge in [0.1, 0.15) is 0 Å². The first-order valence-corrected chi connectivity index (χ1v) is 9.29. The van der Waals surface area contributed by atoms with Gasteiger partial charge in [0, 0.05) is 31.7 Å². The van der Waals surface area contributed by atoms with Gasteiger partial charge in [-0.05, 0) is 37.8 Å². The van der Waals surface area contributed by atoms with E-state index < -0.39 is 0 Å². The van der Waals surface area contributed by atoms with Gasteiger partial charge < -0.3 is 10.1 Å². The summed E-state index contributed by atoms with van der Waals surface area (Å²) in [4.78, 5) is 2.71. The van der Waals surface area contributed by atoms with Crippen LogP contribution >= 0.6 is 0 Å². The van der Waals surface area contributed by atoms with Crippen molar-refractivity contribution in [3.8, 4) is 0 Å². The van der Waals surface area contributed by atoms with Crippen molar-refractivity contribution >= 4 is 0 Å². The van der Waals surface area contributed by atoms with Crippen LogP contribution in [-0.2, 0) is 11.3 Å². The molecule has 0 radical (unpaired) electrons. The molecule has 3 nitrogen and oxygen atoms in total. The molecule has 2 fully saturated rings. The van der Waals surface area contributed by atoms with E-state index in [2.05, 4.69) is 42.3 Å². The van der Waals surface area contributed by atoms with E-state index in [1.807, 2.05) is 0 Å². The van der Waals surface area contributed by atoms with Gasteiger partial charge in [-0.1, -0.05) is 43.0 Å². The molecule has 0 aromatic heterocycles. The third kappa shape index (κ3) is 4.14. The number of ether oxygens (including phenoxy) is 1. The summed E-state index contributed by atoms with van der Waals surface area (Å²) in [7, 11) is 0. The zero-order valence-electron chi connectivity index (χ0n) is 14.9. The van der Waals surface area contributed by atoms with Crippen molar-refractivity contribution < 1.29 is 4.74 Å². The molecule has 0 unspecified atom stereocenters. The number of hydrogen-bond donors (Lipinski definition) is 1. The van der Waals surface area contributed by atoms with E-state index >= 15 is 0 Å². The van der Waals surface area contributed by atoms with Crippen LogP contribution in [-0.4, -0.2) is 43.3 Å². The molecule has 0 spiro atoms. The highest BCUT2D eigenvalue weighted by molar-refractivity contribution is 5.30. The number of benzene rings is 1. The minimum absolute atomic E-state index is 0.362. The molecule has 1 saturated heterocycles. The Morgan fingerprint density at radius 3 is 2.52 bits per heavy atom. The molecule has 1 aliphatic carbocycles. The van der Waals surface area contributed by atoms with Gasteiger partial charge in [0.05, 0.1) is 13.2 Å². The Kier molecular flexibility index (Phi) is 5.73. The highest BCUT2D eigenvalue weighted by Crippen LogP contribution is 2.34. The van der Waals surface area contributed by atoms with Crippen LogP contribution in [0.25, 0.3) is 0 Å². The Balaban J connectivity index is 1.62. The molecule has 0 amide bonds. The fourth-order valence-corrected chi connectivity index (χ4v) is 4.33. The van der Waals surface area contributed by atoms with Crippen molar-refractivity contribution in [1.82, 2.24) is 10.2 Å². The molecule has 1 aromatic carbocycles. The third-order valence-electron chi connectivity index (χ3n) is 5.73. The minimum Gasteiger partial charge on any atom is -0.379 e. The SMILES string of the molecule is Cc1ccc(CNCC2(N3CCOCC3)CCCCC2)c(C)c1. The molecule has 3 heteroatoms. The fourth-order valence-electron chi connectivity index (χ4n) is 4.33. The van der Waals surface area contributed by atoms with Crippen molar-refractivity contribution in [2.75, 3.05) is 32.8 Å². The van der Waals surface area contributed by atoms with Crippen molar-refractivity contribution in [1.29, 1.82) is 0 Å². The van der Waals surface area contributed by atoms with Gasteiger partial charge in [-0.15, -0.1) is 0 Å². The van der Waals surface area contributed by atoms with Crippen LogP contribution in [0.4, 0.5) is 0 Å². The number of rotatable bonds is 5. The first-order chi connectivity index (χ1) is 11.2. The lowest BCUT2D eigenvalue weighted by Crippen LogP contribution is -2.59. The molecule has 3 rings (SSSR count). The molecule has 128 valence electrons. The number of aryl methyl sites for hydroxylation is 2. The highest BCUT2D eigenvalue weighted by Gasteiger charge is 2.38. The van der Waals surface area contributed by atoms with Crippen LogP contribution in [0.1, 0.15) is 48.8 Å². The van der Waals surface area contributed by atoms with Crippen molar-refractivity contribution in [3.05, 3.63) is 34.9 Å². The lowest BCUT2D eigenvalue weighted by molar-refractivity contribution is -0.0369.